The van der Waals surface area contributed by atoms with Crippen LogP contribution in [-0.2, 0) is 11.2 Å². The summed E-state index contributed by atoms with van der Waals surface area (Å²) >= 11 is 0. The molecule has 1 N–H and O–H groups in total. The maximum atomic E-state index is 5.38. The van der Waals surface area contributed by atoms with E-state index in [0.717, 1.165) is 49.0 Å². The van der Waals surface area contributed by atoms with E-state index >= 15 is 0 Å². The third kappa shape index (κ3) is 2.60. The Morgan fingerprint density at radius 1 is 1.27 bits per heavy atom. The molecule has 0 aliphatic carbocycles. The number of benzene rings is 1. The number of hydrogen-bond donors (Lipinski definition) is 1. The van der Waals surface area contributed by atoms with Crippen LogP contribution in [0.2, 0.25) is 0 Å². The summed E-state index contributed by atoms with van der Waals surface area (Å²) in [7, 11) is 0. The zero-order chi connectivity index (χ0) is 14.8. The Hall–Kier alpha value is -2.61. The molecule has 4 rings (SSSR count). The normalized spacial score (nSPS) is 17.9. The summed E-state index contributed by atoms with van der Waals surface area (Å²) in [5.74, 6) is 2.06. The van der Waals surface area contributed by atoms with Gasteiger partial charge in [0, 0.05) is 18.9 Å². The molecule has 0 spiro atoms. The van der Waals surface area contributed by atoms with Crippen LogP contribution in [-0.4, -0.2) is 48.6 Å². The molecule has 8 nitrogen and oxygen atoms in total. The third-order valence-electron chi connectivity index (χ3n) is 3.77. The summed E-state index contributed by atoms with van der Waals surface area (Å²) in [6.45, 7) is 1.52. The predicted molar refractivity (Wildman–Crippen MR) is 76.5 cm³/mol. The van der Waals surface area contributed by atoms with E-state index in [9.17, 15) is 0 Å². The van der Waals surface area contributed by atoms with Crippen molar-refractivity contribution in [1.29, 1.82) is 0 Å². The van der Waals surface area contributed by atoms with Gasteiger partial charge in [0.1, 0.15) is 12.2 Å². The van der Waals surface area contributed by atoms with Crippen LogP contribution in [0, 0.1) is 0 Å². The summed E-state index contributed by atoms with van der Waals surface area (Å²) in [4.78, 5) is 4.58. The Labute approximate surface area is 126 Å². The number of nitrogens with one attached hydrogen (secondary N) is 1. The molecular formula is C14H15N7O. The molecule has 8 heteroatoms. The first-order valence-corrected chi connectivity index (χ1v) is 7.20. The van der Waals surface area contributed by atoms with Gasteiger partial charge in [-0.05, 0) is 34.5 Å². The largest absolute Gasteiger partial charge is 0.381 e. The predicted octanol–water partition coefficient (Wildman–Crippen LogP) is 0.875. The average molecular weight is 297 g/mol. The monoisotopic (exact) mass is 297 g/mol. The molecular weight excluding hydrogens is 282 g/mol. The van der Waals surface area contributed by atoms with Crippen LogP contribution >= 0.6 is 0 Å². The lowest BCUT2D eigenvalue weighted by Gasteiger charge is -2.02. The molecule has 1 fully saturated rings. The van der Waals surface area contributed by atoms with Gasteiger partial charge in [0.25, 0.3) is 0 Å². The van der Waals surface area contributed by atoms with Crippen molar-refractivity contribution >= 4 is 0 Å². The van der Waals surface area contributed by atoms with Gasteiger partial charge in [0.05, 0.1) is 12.3 Å². The second-order valence-corrected chi connectivity index (χ2v) is 5.30. The number of H-pyrrole nitrogens is 1. The Morgan fingerprint density at radius 2 is 2.18 bits per heavy atom. The van der Waals surface area contributed by atoms with Gasteiger partial charge in [0.2, 0.25) is 0 Å². The SMILES string of the molecule is c1cc(-n2cnnn2)ccc1Cc1nc([C@H]2CCOC2)n[nH]1. The van der Waals surface area contributed by atoms with Crippen LogP contribution in [0.3, 0.4) is 0 Å². The highest BCUT2D eigenvalue weighted by Gasteiger charge is 2.21. The Balaban J connectivity index is 1.47. The Morgan fingerprint density at radius 3 is 2.91 bits per heavy atom. The van der Waals surface area contributed by atoms with E-state index in [1.165, 1.54) is 0 Å². The summed E-state index contributed by atoms with van der Waals surface area (Å²) in [6, 6.07) is 8.04. The van der Waals surface area contributed by atoms with Crippen molar-refractivity contribution in [2.75, 3.05) is 13.2 Å². The molecule has 0 bridgehead atoms. The van der Waals surface area contributed by atoms with Gasteiger partial charge in [-0.25, -0.2) is 9.67 Å². The zero-order valence-corrected chi connectivity index (χ0v) is 11.9. The first kappa shape index (κ1) is 13.1. The fraction of sp³-hybridized carbons (Fsp3) is 0.357. The van der Waals surface area contributed by atoms with Crippen LogP contribution in [0.25, 0.3) is 5.69 Å². The highest BCUT2D eigenvalue weighted by Crippen LogP contribution is 2.22. The molecule has 0 radical (unpaired) electrons. The fourth-order valence-electron chi connectivity index (χ4n) is 2.55. The van der Waals surface area contributed by atoms with E-state index < -0.39 is 0 Å². The number of rotatable bonds is 4. The van der Waals surface area contributed by atoms with Crippen molar-refractivity contribution in [3.63, 3.8) is 0 Å². The van der Waals surface area contributed by atoms with Crippen LogP contribution in [0.5, 0.6) is 0 Å². The summed E-state index contributed by atoms with van der Waals surface area (Å²) in [6.07, 6.45) is 3.29. The van der Waals surface area contributed by atoms with Crippen LogP contribution < -0.4 is 0 Å². The van der Waals surface area contributed by atoms with Gasteiger partial charge in [-0.2, -0.15) is 5.10 Å². The molecule has 1 aliphatic heterocycles. The molecule has 112 valence electrons. The van der Waals surface area contributed by atoms with E-state index in [0.29, 0.717) is 5.92 Å². The fourth-order valence-corrected chi connectivity index (χ4v) is 2.55. The van der Waals surface area contributed by atoms with Crippen molar-refractivity contribution < 1.29 is 4.74 Å². The molecule has 1 saturated heterocycles. The Kier molecular flexibility index (Phi) is 3.36. The van der Waals surface area contributed by atoms with E-state index in [-0.39, 0.29) is 0 Å². The summed E-state index contributed by atoms with van der Waals surface area (Å²) < 4.78 is 7.00. The lowest BCUT2D eigenvalue weighted by molar-refractivity contribution is 0.193. The van der Waals surface area contributed by atoms with Crippen molar-refractivity contribution in [3.05, 3.63) is 47.8 Å². The first-order valence-electron chi connectivity index (χ1n) is 7.20. The van der Waals surface area contributed by atoms with Crippen LogP contribution in [0.1, 0.15) is 29.6 Å². The Bertz CT molecular complexity index is 729. The standard InChI is InChI=1S/C14H15N7O/c1-3-12(21-9-15-19-20-21)4-2-10(1)7-13-16-14(18-17-13)11-5-6-22-8-11/h1-4,9,11H,5-8H2,(H,16,17,18)/t11-/m0/s1. The van der Waals surface area contributed by atoms with E-state index in [4.69, 9.17) is 4.74 Å². The molecule has 3 aromatic rings. The maximum Gasteiger partial charge on any atom is 0.156 e. The van der Waals surface area contributed by atoms with Crippen LogP contribution in [0.15, 0.2) is 30.6 Å². The maximum absolute atomic E-state index is 5.38. The number of tetrazole rings is 1. The number of aromatic amines is 1. The van der Waals surface area contributed by atoms with Crippen molar-refractivity contribution in [2.24, 2.45) is 0 Å². The number of nitrogens with zero attached hydrogens (tertiary/aromatic N) is 6. The first-order chi connectivity index (χ1) is 10.9. The second kappa shape index (κ2) is 5.64. The van der Waals surface area contributed by atoms with Crippen molar-refractivity contribution in [3.8, 4) is 5.69 Å². The van der Waals surface area contributed by atoms with Crippen LogP contribution in [0.4, 0.5) is 0 Å². The van der Waals surface area contributed by atoms with E-state index in [1.807, 2.05) is 24.3 Å². The lowest BCUT2D eigenvalue weighted by Crippen LogP contribution is -2.00. The topological polar surface area (TPSA) is 94.4 Å². The molecule has 1 atom stereocenters. The molecule has 22 heavy (non-hydrogen) atoms. The summed E-state index contributed by atoms with van der Waals surface area (Å²) in [5.41, 5.74) is 2.08. The van der Waals surface area contributed by atoms with Gasteiger partial charge in [0.15, 0.2) is 5.82 Å². The molecule has 1 aromatic carbocycles. The number of aromatic nitrogens is 7. The third-order valence-corrected chi connectivity index (χ3v) is 3.77. The van der Waals surface area contributed by atoms with Gasteiger partial charge in [-0.1, -0.05) is 12.1 Å². The minimum Gasteiger partial charge on any atom is -0.381 e. The molecule has 0 amide bonds. The molecule has 0 saturated carbocycles. The minimum atomic E-state index is 0.326. The average Bonchev–Trinajstić information content (AvgIpc) is 3.30. The van der Waals surface area contributed by atoms with Crippen molar-refractivity contribution in [1.82, 2.24) is 35.4 Å². The van der Waals surface area contributed by atoms with Gasteiger partial charge in [-0.3, -0.25) is 5.10 Å². The zero-order valence-electron chi connectivity index (χ0n) is 11.9. The smallest absolute Gasteiger partial charge is 0.156 e. The van der Waals surface area contributed by atoms with E-state index in [2.05, 4.69) is 30.7 Å². The number of hydrogen-bond acceptors (Lipinski definition) is 6. The number of ether oxygens (including phenoxy) is 1. The molecule has 1 aliphatic rings. The quantitative estimate of drug-likeness (QED) is 0.768. The summed E-state index contributed by atoms with van der Waals surface area (Å²) in [5, 5.41) is 18.4. The van der Waals surface area contributed by atoms with Gasteiger partial charge < -0.3 is 4.74 Å². The minimum absolute atomic E-state index is 0.326. The molecule has 2 aromatic heterocycles. The van der Waals surface area contributed by atoms with E-state index in [1.54, 1.807) is 11.0 Å². The lowest BCUT2D eigenvalue weighted by atomic mass is 10.1. The second-order valence-electron chi connectivity index (χ2n) is 5.30. The van der Waals surface area contributed by atoms with Crippen molar-refractivity contribution in [2.45, 2.75) is 18.8 Å². The molecule has 3 heterocycles. The van der Waals surface area contributed by atoms with Gasteiger partial charge in [-0.15, -0.1) is 5.10 Å². The highest BCUT2D eigenvalue weighted by atomic mass is 16.5. The highest BCUT2D eigenvalue weighted by molar-refractivity contribution is 5.34. The molecule has 0 unspecified atom stereocenters. The van der Waals surface area contributed by atoms with Gasteiger partial charge >= 0.3 is 0 Å².